The van der Waals surface area contributed by atoms with Gasteiger partial charge in [0.05, 0.1) is 27.4 Å². The lowest BCUT2D eigenvalue weighted by molar-refractivity contribution is 0.102. The van der Waals surface area contributed by atoms with Gasteiger partial charge in [-0.15, -0.1) is 11.3 Å². The van der Waals surface area contributed by atoms with Gasteiger partial charge in [-0.25, -0.2) is 0 Å². The van der Waals surface area contributed by atoms with Crippen molar-refractivity contribution in [3.05, 3.63) is 47.3 Å². The molecule has 0 spiro atoms. The zero-order valence-electron chi connectivity index (χ0n) is 10.5. The van der Waals surface area contributed by atoms with Gasteiger partial charge < -0.3 is 4.74 Å². The Hall–Kier alpha value is -1.46. The lowest BCUT2D eigenvalue weighted by Gasteiger charge is -2.04. The van der Waals surface area contributed by atoms with Crippen LogP contribution in [-0.2, 0) is 10.8 Å². The number of hydrogen-bond donors (Lipinski definition) is 0. The molecule has 5 heteroatoms. The summed E-state index contributed by atoms with van der Waals surface area (Å²) in [6.45, 7) is 2.50. The largest absolute Gasteiger partial charge is 0.494 e. The second kappa shape index (κ2) is 6.63. The summed E-state index contributed by atoms with van der Waals surface area (Å²) in [4.78, 5) is 12.0. The van der Waals surface area contributed by atoms with Gasteiger partial charge in [-0.1, -0.05) is 6.07 Å². The Labute approximate surface area is 118 Å². The van der Waals surface area contributed by atoms with E-state index in [2.05, 4.69) is 0 Å². The Bertz CT molecular complexity index is 559. The van der Waals surface area contributed by atoms with Gasteiger partial charge in [-0.3, -0.25) is 9.00 Å². The standard InChI is InChI=1S/C14H14O3S2/c1-2-17-12-7-5-11(6-8-12)13(15)10-19(16)14-4-3-9-18-14/h3-9H,2,10H2,1H3. The number of rotatable bonds is 6. The zero-order valence-corrected chi connectivity index (χ0v) is 12.1. The van der Waals surface area contributed by atoms with Crippen LogP contribution in [0.1, 0.15) is 17.3 Å². The number of carbonyl (C=O) groups is 1. The zero-order chi connectivity index (χ0) is 13.7. The molecule has 3 nitrogen and oxygen atoms in total. The van der Waals surface area contributed by atoms with Crippen LogP contribution in [0.3, 0.4) is 0 Å². The molecule has 19 heavy (non-hydrogen) atoms. The van der Waals surface area contributed by atoms with E-state index in [1.54, 1.807) is 30.3 Å². The first kappa shape index (κ1) is 14.0. The molecular weight excluding hydrogens is 280 g/mol. The van der Waals surface area contributed by atoms with E-state index in [1.807, 2.05) is 18.4 Å². The summed E-state index contributed by atoms with van der Waals surface area (Å²) in [6, 6.07) is 10.5. The van der Waals surface area contributed by atoms with Gasteiger partial charge in [0.2, 0.25) is 0 Å². The minimum atomic E-state index is -1.25. The molecular formula is C14H14O3S2. The van der Waals surface area contributed by atoms with Crippen molar-refractivity contribution in [1.82, 2.24) is 0 Å². The highest BCUT2D eigenvalue weighted by molar-refractivity contribution is 7.88. The number of Topliss-reactive ketones (excluding diaryl/α,β-unsaturated/α-hetero) is 1. The minimum Gasteiger partial charge on any atom is -0.494 e. The number of carbonyl (C=O) groups excluding carboxylic acids is 1. The fourth-order valence-corrected chi connectivity index (χ4v) is 3.57. The van der Waals surface area contributed by atoms with Gasteiger partial charge in [0.25, 0.3) is 0 Å². The van der Waals surface area contributed by atoms with E-state index in [0.29, 0.717) is 12.2 Å². The minimum absolute atomic E-state index is 0.0223. The van der Waals surface area contributed by atoms with Crippen molar-refractivity contribution >= 4 is 27.9 Å². The van der Waals surface area contributed by atoms with Gasteiger partial charge in [0.1, 0.15) is 5.75 Å². The number of thiophene rings is 1. The molecule has 2 aromatic rings. The average Bonchev–Trinajstić information content (AvgIpc) is 2.94. The van der Waals surface area contributed by atoms with Crippen molar-refractivity contribution in [3.63, 3.8) is 0 Å². The van der Waals surface area contributed by atoms with E-state index in [-0.39, 0.29) is 11.5 Å². The molecule has 2 rings (SSSR count). The van der Waals surface area contributed by atoms with Crippen LogP contribution in [0.15, 0.2) is 46.0 Å². The van der Waals surface area contributed by atoms with E-state index < -0.39 is 10.8 Å². The lowest BCUT2D eigenvalue weighted by atomic mass is 10.1. The fraction of sp³-hybridized carbons (Fsp3) is 0.214. The number of hydrogen-bond acceptors (Lipinski definition) is 4. The molecule has 0 fully saturated rings. The maximum Gasteiger partial charge on any atom is 0.175 e. The Morgan fingerprint density at radius 3 is 2.58 bits per heavy atom. The van der Waals surface area contributed by atoms with Crippen LogP contribution in [-0.4, -0.2) is 22.4 Å². The van der Waals surface area contributed by atoms with Crippen molar-refractivity contribution < 1.29 is 13.7 Å². The topological polar surface area (TPSA) is 43.4 Å². The quantitative estimate of drug-likeness (QED) is 0.769. The summed E-state index contributed by atoms with van der Waals surface area (Å²) < 4.78 is 18.0. The van der Waals surface area contributed by atoms with Crippen LogP contribution in [0.5, 0.6) is 5.75 Å². The number of benzene rings is 1. The second-order valence-electron chi connectivity index (χ2n) is 3.80. The van der Waals surface area contributed by atoms with E-state index in [0.717, 1.165) is 9.96 Å². The molecule has 1 heterocycles. The van der Waals surface area contributed by atoms with Crippen molar-refractivity contribution in [2.75, 3.05) is 12.4 Å². The third kappa shape index (κ3) is 3.75. The molecule has 0 saturated carbocycles. The summed E-state index contributed by atoms with van der Waals surface area (Å²) in [5, 5.41) is 1.86. The summed E-state index contributed by atoms with van der Waals surface area (Å²) in [6.07, 6.45) is 0. The summed E-state index contributed by atoms with van der Waals surface area (Å²) in [7, 11) is -1.25. The Morgan fingerprint density at radius 1 is 1.26 bits per heavy atom. The predicted octanol–water partition coefficient (Wildman–Crippen LogP) is 3.14. The highest BCUT2D eigenvalue weighted by atomic mass is 32.2. The Morgan fingerprint density at radius 2 is 2.00 bits per heavy atom. The van der Waals surface area contributed by atoms with Crippen molar-refractivity contribution in [1.29, 1.82) is 0 Å². The molecule has 1 unspecified atom stereocenters. The maximum atomic E-state index is 12.0. The molecule has 0 aliphatic carbocycles. The normalized spacial score (nSPS) is 12.1. The van der Waals surface area contributed by atoms with E-state index in [4.69, 9.17) is 4.74 Å². The lowest BCUT2D eigenvalue weighted by Crippen LogP contribution is -2.10. The van der Waals surface area contributed by atoms with Gasteiger partial charge in [-0.2, -0.15) is 0 Å². The molecule has 0 saturated heterocycles. The third-order valence-electron chi connectivity index (χ3n) is 2.47. The van der Waals surface area contributed by atoms with Gasteiger partial charge in [0, 0.05) is 5.56 Å². The Balaban J connectivity index is 2.01. The van der Waals surface area contributed by atoms with Crippen LogP contribution in [0.4, 0.5) is 0 Å². The molecule has 1 aromatic heterocycles. The van der Waals surface area contributed by atoms with Gasteiger partial charge in [0.15, 0.2) is 5.78 Å². The van der Waals surface area contributed by atoms with E-state index >= 15 is 0 Å². The molecule has 0 aliphatic heterocycles. The van der Waals surface area contributed by atoms with Crippen molar-refractivity contribution in [2.24, 2.45) is 0 Å². The monoisotopic (exact) mass is 294 g/mol. The molecule has 0 bridgehead atoms. The Kier molecular flexibility index (Phi) is 4.87. The average molecular weight is 294 g/mol. The molecule has 0 radical (unpaired) electrons. The predicted molar refractivity (Wildman–Crippen MR) is 77.5 cm³/mol. The first-order chi connectivity index (χ1) is 9.20. The number of ketones is 1. The third-order valence-corrected chi connectivity index (χ3v) is 5.09. The molecule has 0 N–H and O–H groups in total. The molecule has 1 aromatic carbocycles. The molecule has 0 aliphatic rings. The van der Waals surface area contributed by atoms with E-state index in [1.165, 1.54) is 11.3 Å². The van der Waals surface area contributed by atoms with Crippen LogP contribution in [0, 0.1) is 0 Å². The fourth-order valence-electron chi connectivity index (χ4n) is 1.57. The first-order valence-electron chi connectivity index (χ1n) is 5.88. The summed E-state index contributed by atoms with van der Waals surface area (Å²) in [5.41, 5.74) is 0.563. The van der Waals surface area contributed by atoms with Gasteiger partial charge in [-0.05, 0) is 42.6 Å². The van der Waals surface area contributed by atoms with Crippen molar-refractivity contribution in [2.45, 2.75) is 11.1 Å². The highest BCUT2D eigenvalue weighted by Crippen LogP contribution is 2.16. The molecule has 0 amide bonds. The number of ether oxygens (including phenoxy) is 1. The van der Waals surface area contributed by atoms with Gasteiger partial charge >= 0.3 is 0 Å². The van der Waals surface area contributed by atoms with Crippen molar-refractivity contribution in [3.8, 4) is 5.75 Å². The first-order valence-corrected chi connectivity index (χ1v) is 8.08. The second-order valence-corrected chi connectivity index (χ2v) is 6.43. The maximum absolute atomic E-state index is 12.0. The summed E-state index contributed by atoms with van der Waals surface area (Å²) in [5.74, 6) is 0.641. The molecule has 1 atom stereocenters. The molecule has 100 valence electrons. The highest BCUT2D eigenvalue weighted by Gasteiger charge is 2.13. The summed E-state index contributed by atoms with van der Waals surface area (Å²) >= 11 is 1.40. The SMILES string of the molecule is CCOc1ccc(C(=O)CS(=O)c2cccs2)cc1. The van der Waals surface area contributed by atoms with Crippen LogP contribution >= 0.6 is 11.3 Å². The van der Waals surface area contributed by atoms with Crippen LogP contribution in [0.25, 0.3) is 0 Å². The smallest absolute Gasteiger partial charge is 0.175 e. The van der Waals surface area contributed by atoms with Crippen LogP contribution in [0.2, 0.25) is 0 Å². The van der Waals surface area contributed by atoms with Crippen LogP contribution < -0.4 is 4.74 Å². The van der Waals surface area contributed by atoms with E-state index in [9.17, 15) is 9.00 Å².